The second-order valence-corrected chi connectivity index (χ2v) is 6.87. The molecule has 0 saturated heterocycles. The van der Waals surface area contributed by atoms with Gasteiger partial charge in [-0.3, -0.25) is 0 Å². The van der Waals surface area contributed by atoms with E-state index in [1.807, 2.05) is 11.8 Å². The maximum atomic E-state index is 3.77. The molecular weight excluding hydrogens is 276 g/mol. The summed E-state index contributed by atoms with van der Waals surface area (Å²) in [5.74, 6) is 1.21. The molecule has 21 heavy (non-hydrogen) atoms. The number of fused-ring (bicyclic) bond motifs is 2. The van der Waals surface area contributed by atoms with Crippen molar-refractivity contribution in [1.82, 2.24) is 5.32 Å². The van der Waals surface area contributed by atoms with Gasteiger partial charge in [-0.25, -0.2) is 0 Å². The van der Waals surface area contributed by atoms with Gasteiger partial charge in [-0.2, -0.15) is 0 Å². The van der Waals surface area contributed by atoms with Crippen molar-refractivity contribution in [2.24, 2.45) is 0 Å². The summed E-state index contributed by atoms with van der Waals surface area (Å²) >= 11 is 1.98. The van der Waals surface area contributed by atoms with Crippen LogP contribution in [0.15, 0.2) is 47.4 Å². The zero-order chi connectivity index (χ0) is 14.1. The molecule has 0 amide bonds. The van der Waals surface area contributed by atoms with Gasteiger partial charge in [0.15, 0.2) is 0 Å². The zero-order valence-corrected chi connectivity index (χ0v) is 12.9. The van der Waals surface area contributed by atoms with E-state index in [-0.39, 0.29) is 0 Å². The van der Waals surface area contributed by atoms with Crippen LogP contribution in [-0.4, -0.2) is 12.3 Å². The molecule has 2 aromatic carbocycles. The van der Waals surface area contributed by atoms with E-state index < -0.39 is 0 Å². The average Bonchev–Trinajstić information content (AvgIpc) is 3.02. The Hall–Kier alpha value is -1.45. The van der Waals surface area contributed by atoms with Crippen LogP contribution in [0.5, 0.6) is 0 Å². The highest BCUT2D eigenvalue weighted by Crippen LogP contribution is 2.36. The number of rotatable bonds is 3. The first-order valence-electron chi connectivity index (χ1n) is 7.71. The quantitative estimate of drug-likeness (QED) is 0.896. The van der Waals surface area contributed by atoms with Crippen LogP contribution in [0.3, 0.4) is 0 Å². The predicted molar refractivity (Wildman–Crippen MR) is 90.0 cm³/mol. The van der Waals surface area contributed by atoms with Crippen molar-refractivity contribution in [2.45, 2.75) is 30.3 Å². The van der Waals surface area contributed by atoms with E-state index in [1.54, 1.807) is 0 Å². The van der Waals surface area contributed by atoms with Crippen molar-refractivity contribution >= 4 is 17.4 Å². The number of thioether (sulfide) groups is 1. The Balaban J connectivity index is 1.52. The third kappa shape index (κ3) is 2.56. The van der Waals surface area contributed by atoms with Crippen molar-refractivity contribution in [3.05, 3.63) is 59.2 Å². The fourth-order valence-corrected chi connectivity index (χ4v) is 4.47. The molecule has 2 aromatic rings. The molecule has 0 saturated carbocycles. The maximum Gasteiger partial charge on any atom is 0.0419 e. The summed E-state index contributed by atoms with van der Waals surface area (Å²) < 4.78 is 0. The van der Waals surface area contributed by atoms with E-state index >= 15 is 0 Å². The minimum atomic E-state index is 0.486. The fourth-order valence-electron chi connectivity index (χ4n) is 3.35. The monoisotopic (exact) mass is 296 g/mol. The van der Waals surface area contributed by atoms with E-state index in [0.717, 1.165) is 19.5 Å². The molecule has 2 nitrogen and oxygen atoms in total. The summed E-state index contributed by atoms with van der Waals surface area (Å²) in [6, 6.07) is 16.0. The minimum Gasteiger partial charge on any atom is -0.384 e. The molecule has 0 radical (unpaired) electrons. The molecule has 2 heterocycles. The lowest BCUT2D eigenvalue weighted by Crippen LogP contribution is -2.24. The van der Waals surface area contributed by atoms with Gasteiger partial charge in [-0.15, -0.1) is 11.8 Å². The topological polar surface area (TPSA) is 24.1 Å². The van der Waals surface area contributed by atoms with Gasteiger partial charge >= 0.3 is 0 Å². The predicted octanol–water partition coefficient (Wildman–Crippen LogP) is 3.98. The van der Waals surface area contributed by atoms with Gasteiger partial charge in [-0.1, -0.05) is 36.4 Å². The van der Waals surface area contributed by atoms with Crippen LogP contribution in [-0.2, 0) is 13.0 Å². The van der Waals surface area contributed by atoms with Gasteiger partial charge in [0.05, 0.1) is 0 Å². The summed E-state index contributed by atoms with van der Waals surface area (Å²) in [5, 5.41) is 7.30. The van der Waals surface area contributed by atoms with Gasteiger partial charge in [0, 0.05) is 29.7 Å². The standard InChI is InChI=1S/C18H20N2S/c1-2-7-17-15(6-1)16(9-11-21-17)20-12-14-5-3-4-13-8-10-19-18(13)14/h1-7,16,19-20H,8-12H2. The van der Waals surface area contributed by atoms with E-state index in [9.17, 15) is 0 Å². The molecular formula is C18H20N2S. The number of nitrogens with one attached hydrogen (secondary N) is 2. The number of anilines is 1. The van der Waals surface area contributed by atoms with Crippen molar-refractivity contribution in [2.75, 3.05) is 17.6 Å². The Morgan fingerprint density at radius 1 is 1.14 bits per heavy atom. The Morgan fingerprint density at radius 3 is 3.10 bits per heavy atom. The van der Waals surface area contributed by atoms with Gasteiger partial charge < -0.3 is 10.6 Å². The van der Waals surface area contributed by atoms with E-state index in [0.29, 0.717) is 6.04 Å². The molecule has 4 rings (SSSR count). The molecule has 2 aliphatic rings. The Bertz CT molecular complexity index is 653. The fraction of sp³-hybridized carbons (Fsp3) is 0.333. The maximum absolute atomic E-state index is 3.77. The molecule has 1 atom stereocenters. The van der Waals surface area contributed by atoms with Crippen LogP contribution in [0.4, 0.5) is 5.69 Å². The SMILES string of the molecule is c1cc2c(c(CNC3CCSc4ccccc43)c1)NCC2. The first-order valence-corrected chi connectivity index (χ1v) is 8.70. The number of hydrogen-bond acceptors (Lipinski definition) is 3. The van der Waals surface area contributed by atoms with Gasteiger partial charge in [0.2, 0.25) is 0 Å². The molecule has 1 unspecified atom stereocenters. The summed E-state index contributed by atoms with van der Waals surface area (Å²) in [6.07, 6.45) is 2.37. The smallest absolute Gasteiger partial charge is 0.0419 e. The van der Waals surface area contributed by atoms with Crippen molar-refractivity contribution in [3.63, 3.8) is 0 Å². The number of benzene rings is 2. The van der Waals surface area contributed by atoms with Gasteiger partial charge in [0.1, 0.15) is 0 Å². The Labute approximate surface area is 130 Å². The highest BCUT2D eigenvalue weighted by atomic mass is 32.2. The molecule has 2 N–H and O–H groups in total. The highest BCUT2D eigenvalue weighted by Gasteiger charge is 2.20. The van der Waals surface area contributed by atoms with E-state index in [1.165, 1.54) is 39.4 Å². The molecule has 0 fully saturated rings. The van der Waals surface area contributed by atoms with Crippen molar-refractivity contribution in [1.29, 1.82) is 0 Å². The lowest BCUT2D eigenvalue weighted by molar-refractivity contribution is 0.510. The normalized spacial score (nSPS) is 19.7. The molecule has 0 aromatic heterocycles. The third-order valence-corrected chi connectivity index (χ3v) is 5.55. The third-order valence-electron chi connectivity index (χ3n) is 4.43. The summed E-state index contributed by atoms with van der Waals surface area (Å²) in [4.78, 5) is 1.44. The molecule has 108 valence electrons. The largest absolute Gasteiger partial charge is 0.384 e. The van der Waals surface area contributed by atoms with Crippen LogP contribution in [0, 0.1) is 0 Å². The van der Waals surface area contributed by atoms with Crippen molar-refractivity contribution in [3.8, 4) is 0 Å². The van der Waals surface area contributed by atoms with Crippen LogP contribution in [0.25, 0.3) is 0 Å². The van der Waals surface area contributed by atoms with Gasteiger partial charge in [-0.05, 0) is 41.4 Å². The summed E-state index contributed by atoms with van der Waals surface area (Å²) in [6.45, 7) is 2.02. The molecule has 2 aliphatic heterocycles. The van der Waals surface area contributed by atoms with Crippen molar-refractivity contribution < 1.29 is 0 Å². The first-order chi connectivity index (χ1) is 10.4. The highest BCUT2D eigenvalue weighted by molar-refractivity contribution is 7.99. The minimum absolute atomic E-state index is 0.486. The lowest BCUT2D eigenvalue weighted by Gasteiger charge is -2.26. The number of para-hydroxylation sites is 1. The van der Waals surface area contributed by atoms with Crippen LogP contribution in [0.2, 0.25) is 0 Å². The second kappa shape index (κ2) is 5.74. The molecule has 0 spiro atoms. The lowest BCUT2D eigenvalue weighted by atomic mass is 10.0. The summed E-state index contributed by atoms with van der Waals surface area (Å²) in [5.41, 5.74) is 5.70. The second-order valence-electron chi connectivity index (χ2n) is 5.74. The molecule has 0 aliphatic carbocycles. The van der Waals surface area contributed by atoms with Gasteiger partial charge in [0.25, 0.3) is 0 Å². The zero-order valence-electron chi connectivity index (χ0n) is 12.1. The Kier molecular flexibility index (Phi) is 3.62. The van der Waals surface area contributed by atoms with E-state index in [2.05, 4.69) is 53.1 Å². The van der Waals surface area contributed by atoms with Crippen LogP contribution < -0.4 is 10.6 Å². The Morgan fingerprint density at radius 2 is 2.10 bits per heavy atom. The van der Waals surface area contributed by atoms with Crippen LogP contribution >= 0.6 is 11.8 Å². The number of hydrogen-bond donors (Lipinski definition) is 2. The molecule has 0 bridgehead atoms. The first kappa shape index (κ1) is 13.2. The van der Waals surface area contributed by atoms with Crippen LogP contribution in [0.1, 0.15) is 29.2 Å². The van der Waals surface area contributed by atoms with E-state index in [4.69, 9.17) is 0 Å². The summed E-state index contributed by atoms with van der Waals surface area (Å²) in [7, 11) is 0. The average molecular weight is 296 g/mol. The molecule has 3 heteroatoms.